The van der Waals surface area contributed by atoms with Crippen molar-refractivity contribution in [2.24, 2.45) is 5.92 Å². The second kappa shape index (κ2) is 5.41. The molecule has 2 rings (SSSR count). The van der Waals surface area contributed by atoms with Crippen LogP contribution in [0.2, 0.25) is 0 Å². The number of nitriles is 1. The van der Waals surface area contributed by atoms with E-state index in [1.165, 1.54) is 6.20 Å². The standard InChI is InChI=1S/C12H14N4O/c13-5-9-1-2-11(15-7-9)12(17)16-8-10-3-4-14-6-10/h1-2,7,10,14H,3-4,6,8H2,(H,16,17). The maximum atomic E-state index is 11.7. The molecule has 2 N–H and O–H groups in total. The van der Waals surface area contributed by atoms with Gasteiger partial charge in [0.05, 0.1) is 5.56 Å². The van der Waals surface area contributed by atoms with Crippen molar-refractivity contribution in [3.63, 3.8) is 0 Å². The van der Waals surface area contributed by atoms with Gasteiger partial charge in [0, 0.05) is 12.7 Å². The number of hydrogen-bond acceptors (Lipinski definition) is 4. The zero-order chi connectivity index (χ0) is 12.1. The Kier molecular flexibility index (Phi) is 3.68. The Bertz CT molecular complexity index is 429. The van der Waals surface area contributed by atoms with Crippen LogP contribution in [0, 0.1) is 17.2 Å². The summed E-state index contributed by atoms with van der Waals surface area (Å²) < 4.78 is 0. The fourth-order valence-corrected chi connectivity index (χ4v) is 1.81. The molecule has 1 aromatic heterocycles. The highest BCUT2D eigenvalue weighted by atomic mass is 16.1. The normalized spacial score (nSPS) is 18.6. The highest BCUT2D eigenvalue weighted by Gasteiger charge is 2.15. The van der Waals surface area contributed by atoms with Gasteiger partial charge in [-0.3, -0.25) is 4.79 Å². The molecule has 0 aromatic carbocycles. The predicted molar refractivity (Wildman–Crippen MR) is 62.3 cm³/mol. The molecule has 2 heterocycles. The summed E-state index contributed by atoms with van der Waals surface area (Å²) in [6.45, 7) is 2.66. The number of carbonyl (C=O) groups is 1. The Morgan fingerprint density at radius 1 is 1.65 bits per heavy atom. The van der Waals surface area contributed by atoms with E-state index in [0.717, 1.165) is 19.5 Å². The summed E-state index contributed by atoms with van der Waals surface area (Å²) in [6.07, 6.45) is 2.51. The van der Waals surface area contributed by atoms with Crippen LogP contribution < -0.4 is 10.6 Å². The Morgan fingerprint density at radius 2 is 2.53 bits per heavy atom. The molecule has 1 fully saturated rings. The number of amides is 1. The van der Waals surface area contributed by atoms with Crippen molar-refractivity contribution in [3.8, 4) is 6.07 Å². The lowest BCUT2D eigenvalue weighted by Gasteiger charge is -2.09. The van der Waals surface area contributed by atoms with Crippen LogP contribution in [0.25, 0.3) is 0 Å². The van der Waals surface area contributed by atoms with Crippen LogP contribution in [0.5, 0.6) is 0 Å². The average Bonchev–Trinajstić information content (AvgIpc) is 2.89. The van der Waals surface area contributed by atoms with Crippen LogP contribution in [0.4, 0.5) is 0 Å². The maximum absolute atomic E-state index is 11.7. The Morgan fingerprint density at radius 3 is 3.12 bits per heavy atom. The van der Waals surface area contributed by atoms with Crippen LogP contribution in [-0.4, -0.2) is 30.5 Å². The summed E-state index contributed by atoms with van der Waals surface area (Å²) >= 11 is 0. The van der Waals surface area contributed by atoms with E-state index in [9.17, 15) is 4.79 Å². The van der Waals surface area contributed by atoms with Gasteiger partial charge in [0.25, 0.3) is 5.91 Å². The van der Waals surface area contributed by atoms with Crippen LogP contribution in [-0.2, 0) is 0 Å². The third-order valence-electron chi connectivity index (χ3n) is 2.84. The first-order valence-corrected chi connectivity index (χ1v) is 5.64. The average molecular weight is 230 g/mol. The number of nitrogens with zero attached hydrogens (tertiary/aromatic N) is 2. The zero-order valence-electron chi connectivity index (χ0n) is 9.44. The first kappa shape index (κ1) is 11.6. The lowest BCUT2D eigenvalue weighted by molar-refractivity contribution is 0.0943. The minimum absolute atomic E-state index is 0.179. The molecule has 0 radical (unpaired) electrons. The van der Waals surface area contributed by atoms with E-state index in [4.69, 9.17) is 5.26 Å². The predicted octanol–water partition coefficient (Wildman–Crippen LogP) is 0.293. The molecule has 17 heavy (non-hydrogen) atoms. The summed E-state index contributed by atoms with van der Waals surface area (Å²) in [6, 6.07) is 5.13. The molecule has 5 heteroatoms. The second-order valence-electron chi connectivity index (χ2n) is 4.11. The van der Waals surface area contributed by atoms with Crippen LogP contribution in [0.15, 0.2) is 18.3 Å². The van der Waals surface area contributed by atoms with Gasteiger partial charge in [-0.25, -0.2) is 4.98 Å². The molecule has 0 bridgehead atoms. The van der Waals surface area contributed by atoms with E-state index >= 15 is 0 Å². The van der Waals surface area contributed by atoms with Gasteiger partial charge >= 0.3 is 0 Å². The van der Waals surface area contributed by atoms with Crippen LogP contribution >= 0.6 is 0 Å². The fraction of sp³-hybridized carbons (Fsp3) is 0.417. The molecule has 1 atom stereocenters. The quantitative estimate of drug-likeness (QED) is 0.782. The SMILES string of the molecule is N#Cc1ccc(C(=O)NCC2CCNC2)nc1. The lowest BCUT2D eigenvalue weighted by atomic mass is 10.1. The van der Waals surface area contributed by atoms with Crippen molar-refractivity contribution in [2.75, 3.05) is 19.6 Å². The molecule has 0 saturated carbocycles. The third kappa shape index (κ3) is 3.02. The topological polar surface area (TPSA) is 77.8 Å². The number of pyridine rings is 1. The molecule has 1 unspecified atom stereocenters. The highest BCUT2D eigenvalue weighted by Crippen LogP contribution is 2.06. The molecule has 88 valence electrons. The van der Waals surface area contributed by atoms with Gasteiger partial charge in [-0.1, -0.05) is 0 Å². The molecular formula is C12H14N4O. The zero-order valence-corrected chi connectivity index (χ0v) is 9.44. The monoisotopic (exact) mass is 230 g/mol. The Balaban J connectivity index is 1.88. The first-order chi connectivity index (χ1) is 8.29. The van der Waals surface area contributed by atoms with Crippen molar-refractivity contribution >= 4 is 5.91 Å². The molecule has 1 aliphatic heterocycles. The molecule has 1 aromatic rings. The minimum atomic E-state index is -0.179. The van der Waals surface area contributed by atoms with Crippen molar-refractivity contribution in [2.45, 2.75) is 6.42 Å². The number of carbonyl (C=O) groups excluding carboxylic acids is 1. The number of nitrogens with one attached hydrogen (secondary N) is 2. The van der Waals surface area contributed by atoms with E-state index in [1.54, 1.807) is 12.1 Å². The first-order valence-electron chi connectivity index (χ1n) is 5.64. The second-order valence-corrected chi connectivity index (χ2v) is 4.11. The lowest BCUT2D eigenvalue weighted by Crippen LogP contribution is -2.30. The number of aromatic nitrogens is 1. The number of hydrogen-bond donors (Lipinski definition) is 2. The van der Waals surface area contributed by atoms with Crippen molar-refractivity contribution < 1.29 is 4.79 Å². The van der Waals surface area contributed by atoms with Gasteiger partial charge in [0.1, 0.15) is 11.8 Å². The molecular weight excluding hydrogens is 216 g/mol. The number of rotatable bonds is 3. The van der Waals surface area contributed by atoms with Crippen molar-refractivity contribution in [1.82, 2.24) is 15.6 Å². The smallest absolute Gasteiger partial charge is 0.269 e. The summed E-state index contributed by atoms with van der Waals surface area (Å²) in [5.74, 6) is 0.332. The van der Waals surface area contributed by atoms with Gasteiger partial charge in [-0.05, 0) is 37.6 Å². The highest BCUT2D eigenvalue weighted by molar-refractivity contribution is 5.92. The molecule has 0 spiro atoms. The summed E-state index contributed by atoms with van der Waals surface area (Å²) in [4.78, 5) is 15.7. The molecule has 1 saturated heterocycles. The van der Waals surface area contributed by atoms with E-state index < -0.39 is 0 Å². The molecule has 0 aliphatic carbocycles. The van der Waals surface area contributed by atoms with Crippen LogP contribution in [0.1, 0.15) is 22.5 Å². The Labute approximate surface area is 99.9 Å². The fourth-order valence-electron chi connectivity index (χ4n) is 1.81. The van der Waals surface area contributed by atoms with Gasteiger partial charge in [0.2, 0.25) is 0 Å². The van der Waals surface area contributed by atoms with E-state index in [-0.39, 0.29) is 5.91 Å². The van der Waals surface area contributed by atoms with Crippen molar-refractivity contribution in [3.05, 3.63) is 29.6 Å². The molecule has 5 nitrogen and oxygen atoms in total. The van der Waals surface area contributed by atoms with Crippen LogP contribution in [0.3, 0.4) is 0 Å². The van der Waals surface area contributed by atoms with E-state index in [1.807, 2.05) is 6.07 Å². The Hall–Kier alpha value is -1.93. The van der Waals surface area contributed by atoms with Gasteiger partial charge in [-0.15, -0.1) is 0 Å². The molecule has 1 aliphatic rings. The van der Waals surface area contributed by atoms with Gasteiger partial charge in [0.15, 0.2) is 0 Å². The van der Waals surface area contributed by atoms with E-state index in [2.05, 4.69) is 15.6 Å². The van der Waals surface area contributed by atoms with Crippen molar-refractivity contribution in [1.29, 1.82) is 5.26 Å². The summed E-state index contributed by atoms with van der Waals surface area (Å²) in [7, 11) is 0. The van der Waals surface area contributed by atoms with Gasteiger partial charge in [-0.2, -0.15) is 5.26 Å². The maximum Gasteiger partial charge on any atom is 0.269 e. The van der Waals surface area contributed by atoms with E-state index in [0.29, 0.717) is 23.7 Å². The summed E-state index contributed by atoms with van der Waals surface area (Å²) in [5, 5.41) is 14.7. The largest absolute Gasteiger partial charge is 0.350 e. The molecule has 1 amide bonds. The van der Waals surface area contributed by atoms with Gasteiger partial charge < -0.3 is 10.6 Å². The summed E-state index contributed by atoms with van der Waals surface area (Å²) in [5.41, 5.74) is 0.816. The third-order valence-corrected chi connectivity index (χ3v) is 2.84. The minimum Gasteiger partial charge on any atom is -0.350 e.